The van der Waals surface area contributed by atoms with Crippen LogP contribution in [0.25, 0.3) is 0 Å². The van der Waals surface area contributed by atoms with Crippen molar-refractivity contribution in [3.8, 4) is 11.5 Å². The van der Waals surface area contributed by atoms with E-state index in [-0.39, 0.29) is 39.2 Å². The third-order valence-electron chi connectivity index (χ3n) is 4.45. The highest BCUT2D eigenvalue weighted by atomic mass is 16.5. The van der Waals surface area contributed by atoms with E-state index in [1.165, 1.54) is 26.0 Å². The predicted molar refractivity (Wildman–Crippen MR) is 101 cm³/mol. The normalized spacial score (nSPS) is 12.9. The van der Waals surface area contributed by atoms with E-state index in [4.69, 9.17) is 9.47 Å². The summed E-state index contributed by atoms with van der Waals surface area (Å²) in [6.45, 7) is 8.29. The van der Waals surface area contributed by atoms with Crippen molar-refractivity contribution >= 4 is 23.5 Å². The van der Waals surface area contributed by atoms with Gasteiger partial charge >= 0.3 is 11.9 Å². The van der Waals surface area contributed by atoms with Gasteiger partial charge < -0.3 is 9.47 Å². The molecule has 3 rings (SSSR count). The molecule has 6 heteroatoms. The first kappa shape index (κ1) is 19.5. The second-order valence-electron chi connectivity index (χ2n) is 7.67. The van der Waals surface area contributed by atoms with Crippen molar-refractivity contribution in [2.75, 3.05) is 0 Å². The van der Waals surface area contributed by atoms with Crippen molar-refractivity contribution in [1.82, 2.24) is 0 Å². The molecule has 1 aliphatic carbocycles. The summed E-state index contributed by atoms with van der Waals surface area (Å²) in [5.74, 6) is -2.11. The molecule has 0 heterocycles. The van der Waals surface area contributed by atoms with Crippen LogP contribution < -0.4 is 9.47 Å². The molecular weight excluding hydrogens is 360 g/mol. The molecule has 0 saturated carbocycles. The van der Waals surface area contributed by atoms with Gasteiger partial charge in [0, 0.05) is 25.0 Å². The third kappa shape index (κ3) is 3.33. The highest BCUT2D eigenvalue weighted by Crippen LogP contribution is 2.40. The quantitative estimate of drug-likeness (QED) is 0.499. The molecule has 0 bridgehead atoms. The minimum atomic E-state index is -0.609. The first-order chi connectivity index (χ1) is 13.0. The molecule has 0 spiro atoms. The number of hydrogen-bond donors (Lipinski definition) is 0. The summed E-state index contributed by atoms with van der Waals surface area (Å²) in [6, 6.07) is 7.77. The Labute approximate surface area is 162 Å². The van der Waals surface area contributed by atoms with Crippen molar-refractivity contribution in [2.24, 2.45) is 0 Å². The maximum atomic E-state index is 13.3. The molecule has 0 aliphatic heterocycles. The van der Waals surface area contributed by atoms with Crippen molar-refractivity contribution in [3.05, 3.63) is 58.1 Å². The largest absolute Gasteiger partial charge is 0.426 e. The third-order valence-corrected chi connectivity index (χ3v) is 4.45. The summed E-state index contributed by atoms with van der Waals surface area (Å²) >= 11 is 0. The molecule has 0 amide bonds. The van der Waals surface area contributed by atoms with Crippen LogP contribution in [-0.4, -0.2) is 23.5 Å². The number of esters is 2. The monoisotopic (exact) mass is 380 g/mol. The van der Waals surface area contributed by atoms with Crippen molar-refractivity contribution in [2.45, 2.75) is 40.0 Å². The maximum Gasteiger partial charge on any atom is 0.308 e. The SMILES string of the molecule is CC(=O)Oc1cccc2c1C(=O)c1c(OC(C)=O)cc(C(C)(C)C)cc1C2=O. The minimum Gasteiger partial charge on any atom is -0.426 e. The fourth-order valence-corrected chi connectivity index (χ4v) is 3.16. The molecule has 0 radical (unpaired) electrons. The van der Waals surface area contributed by atoms with Crippen LogP contribution in [0.1, 0.15) is 72.0 Å². The number of ether oxygens (including phenoxy) is 2. The van der Waals surface area contributed by atoms with E-state index in [1.807, 2.05) is 20.8 Å². The summed E-state index contributed by atoms with van der Waals surface area (Å²) in [5, 5.41) is 0. The Morgan fingerprint density at radius 1 is 0.786 bits per heavy atom. The zero-order valence-corrected chi connectivity index (χ0v) is 16.3. The molecule has 0 fully saturated rings. The average Bonchev–Trinajstić information content (AvgIpc) is 2.57. The van der Waals surface area contributed by atoms with Crippen molar-refractivity contribution in [1.29, 1.82) is 0 Å². The topological polar surface area (TPSA) is 86.7 Å². The lowest BCUT2D eigenvalue weighted by atomic mass is 9.78. The van der Waals surface area contributed by atoms with E-state index >= 15 is 0 Å². The fourth-order valence-electron chi connectivity index (χ4n) is 3.16. The molecule has 0 unspecified atom stereocenters. The van der Waals surface area contributed by atoms with Crippen LogP contribution in [0.4, 0.5) is 0 Å². The maximum absolute atomic E-state index is 13.3. The number of carbonyl (C=O) groups excluding carboxylic acids is 4. The fraction of sp³-hybridized carbons (Fsp3) is 0.273. The Kier molecular flexibility index (Phi) is 4.67. The van der Waals surface area contributed by atoms with Crippen LogP contribution in [0.3, 0.4) is 0 Å². The molecule has 0 atom stereocenters. The lowest BCUT2D eigenvalue weighted by Crippen LogP contribution is -2.25. The van der Waals surface area contributed by atoms with Crippen molar-refractivity contribution < 1.29 is 28.7 Å². The summed E-state index contributed by atoms with van der Waals surface area (Å²) in [6.07, 6.45) is 0. The van der Waals surface area contributed by atoms with Gasteiger partial charge in [0.2, 0.25) is 5.78 Å². The molecular formula is C22H20O6. The number of rotatable bonds is 2. The van der Waals surface area contributed by atoms with Crippen molar-refractivity contribution in [3.63, 3.8) is 0 Å². The number of carbonyl (C=O) groups is 4. The number of hydrogen-bond acceptors (Lipinski definition) is 6. The van der Waals surface area contributed by atoms with Gasteiger partial charge in [0.05, 0.1) is 11.1 Å². The highest BCUT2D eigenvalue weighted by Gasteiger charge is 2.36. The first-order valence-corrected chi connectivity index (χ1v) is 8.78. The summed E-state index contributed by atoms with van der Waals surface area (Å²) in [4.78, 5) is 49.5. The van der Waals surface area contributed by atoms with Gasteiger partial charge in [-0.25, -0.2) is 0 Å². The summed E-state index contributed by atoms with van der Waals surface area (Å²) in [7, 11) is 0. The van der Waals surface area contributed by atoms with E-state index in [0.29, 0.717) is 0 Å². The summed E-state index contributed by atoms with van der Waals surface area (Å²) in [5.41, 5.74) is 0.723. The van der Waals surface area contributed by atoms with E-state index < -0.39 is 23.5 Å². The lowest BCUT2D eigenvalue weighted by molar-refractivity contribution is -0.132. The smallest absolute Gasteiger partial charge is 0.308 e. The van der Waals surface area contributed by atoms with Gasteiger partial charge in [-0.05, 0) is 29.2 Å². The Bertz CT molecular complexity index is 1040. The van der Waals surface area contributed by atoms with Gasteiger partial charge in [-0.3, -0.25) is 19.2 Å². The molecule has 28 heavy (non-hydrogen) atoms. The summed E-state index contributed by atoms with van der Waals surface area (Å²) < 4.78 is 10.4. The Morgan fingerprint density at radius 2 is 1.36 bits per heavy atom. The molecule has 2 aromatic rings. The lowest BCUT2D eigenvalue weighted by Gasteiger charge is -2.26. The van der Waals surface area contributed by atoms with Gasteiger partial charge in [-0.15, -0.1) is 0 Å². The highest BCUT2D eigenvalue weighted by molar-refractivity contribution is 6.30. The van der Waals surface area contributed by atoms with Crippen LogP contribution in [0.15, 0.2) is 30.3 Å². The van der Waals surface area contributed by atoms with Crippen LogP contribution in [0, 0.1) is 0 Å². The van der Waals surface area contributed by atoms with E-state index in [2.05, 4.69) is 0 Å². The number of ketones is 2. The van der Waals surface area contributed by atoms with Gasteiger partial charge in [0.1, 0.15) is 11.5 Å². The van der Waals surface area contributed by atoms with E-state index in [1.54, 1.807) is 18.2 Å². The Balaban J connectivity index is 2.31. The molecule has 0 N–H and O–H groups in total. The molecule has 144 valence electrons. The predicted octanol–water partition coefficient (Wildman–Crippen LogP) is 3.61. The Hall–Kier alpha value is -3.28. The van der Waals surface area contributed by atoms with Gasteiger partial charge in [0.25, 0.3) is 0 Å². The van der Waals surface area contributed by atoms with Crippen LogP contribution in [0.5, 0.6) is 11.5 Å². The minimum absolute atomic E-state index is 0.000280. The second kappa shape index (κ2) is 6.71. The van der Waals surface area contributed by atoms with Crippen LogP contribution in [0.2, 0.25) is 0 Å². The molecule has 0 saturated heterocycles. The standard InChI is InChI=1S/C22H20O6/c1-11(23)27-16-8-6-7-14-18(16)21(26)19-15(20(14)25)9-13(22(3,4)5)10-17(19)28-12(2)24/h6-10H,1-5H3. The number of benzene rings is 2. The van der Waals surface area contributed by atoms with Gasteiger partial charge in [-0.2, -0.15) is 0 Å². The van der Waals surface area contributed by atoms with Gasteiger partial charge in [0.15, 0.2) is 5.78 Å². The molecule has 6 nitrogen and oxygen atoms in total. The molecule has 1 aliphatic rings. The van der Waals surface area contributed by atoms with Crippen LogP contribution >= 0.6 is 0 Å². The first-order valence-electron chi connectivity index (χ1n) is 8.78. The van der Waals surface area contributed by atoms with E-state index in [0.717, 1.165) is 5.56 Å². The second-order valence-corrected chi connectivity index (χ2v) is 7.67. The van der Waals surface area contributed by atoms with E-state index in [9.17, 15) is 19.2 Å². The molecule has 0 aromatic heterocycles. The zero-order valence-electron chi connectivity index (χ0n) is 16.3. The van der Waals surface area contributed by atoms with Crippen LogP contribution in [-0.2, 0) is 15.0 Å². The Morgan fingerprint density at radius 3 is 1.93 bits per heavy atom. The number of fused-ring (bicyclic) bond motifs is 2. The average molecular weight is 380 g/mol. The zero-order chi connectivity index (χ0) is 20.8. The molecule has 2 aromatic carbocycles. The van der Waals surface area contributed by atoms with Gasteiger partial charge in [-0.1, -0.05) is 32.9 Å².